The van der Waals surface area contributed by atoms with Gasteiger partial charge in [0.1, 0.15) is 5.76 Å². The first-order valence-electron chi connectivity index (χ1n) is 5.44. The Balaban J connectivity index is 1.97. The van der Waals surface area contributed by atoms with Gasteiger partial charge in [-0.05, 0) is 26.0 Å². The predicted octanol–water partition coefficient (Wildman–Crippen LogP) is 2.99. The van der Waals surface area contributed by atoms with E-state index in [9.17, 15) is 0 Å². The number of halogens is 1. The highest BCUT2D eigenvalue weighted by molar-refractivity contribution is 6.31. The van der Waals surface area contributed by atoms with Crippen LogP contribution in [0.1, 0.15) is 17.1 Å². The largest absolute Gasteiger partial charge is 0.469 e. The first kappa shape index (κ1) is 11.9. The quantitative estimate of drug-likeness (QED) is 0.908. The summed E-state index contributed by atoms with van der Waals surface area (Å²) in [6.45, 7) is 4.52. The van der Waals surface area contributed by atoms with Crippen LogP contribution in [0.15, 0.2) is 22.8 Å². The summed E-state index contributed by atoms with van der Waals surface area (Å²) in [4.78, 5) is 8.56. The van der Waals surface area contributed by atoms with Crippen LogP contribution in [0, 0.1) is 13.8 Å². The Morgan fingerprint density at radius 1 is 1.29 bits per heavy atom. The molecule has 2 aromatic rings. The lowest BCUT2D eigenvalue weighted by Gasteiger charge is -2.08. The topological polar surface area (TPSA) is 51.0 Å². The zero-order valence-corrected chi connectivity index (χ0v) is 10.6. The van der Waals surface area contributed by atoms with E-state index in [2.05, 4.69) is 15.3 Å². The van der Waals surface area contributed by atoms with Gasteiger partial charge in [-0.1, -0.05) is 11.6 Å². The van der Waals surface area contributed by atoms with Crippen molar-refractivity contribution in [2.75, 3.05) is 11.9 Å². The molecule has 0 bridgehead atoms. The van der Waals surface area contributed by atoms with Gasteiger partial charge >= 0.3 is 0 Å². The molecule has 0 spiro atoms. The van der Waals surface area contributed by atoms with Gasteiger partial charge in [0.25, 0.3) is 0 Å². The number of nitrogens with zero attached hydrogens (tertiary/aromatic N) is 2. The fourth-order valence-electron chi connectivity index (χ4n) is 1.45. The molecule has 0 saturated carbocycles. The second-order valence-electron chi connectivity index (χ2n) is 3.79. The average molecular weight is 252 g/mol. The molecule has 0 amide bonds. The molecule has 0 aliphatic heterocycles. The third-order valence-electron chi connectivity index (χ3n) is 2.51. The minimum Gasteiger partial charge on any atom is -0.469 e. The Morgan fingerprint density at radius 3 is 2.76 bits per heavy atom. The molecule has 0 aliphatic rings. The van der Waals surface area contributed by atoms with Crippen molar-refractivity contribution in [1.29, 1.82) is 0 Å². The van der Waals surface area contributed by atoms with Crippen molar-refractivity contribution in [2.45, 2.75) is 20.3 Å². The average Bonchev–Trinajstić information content (AvgIpc) is 2.78. The molecule has 5 heteroatoms. The summed E-state index contributed by atoms with van der Waals surface area (Å²) in [5.41, 5.74) is 1.74. The minimum atomic E-state index is 0.410. The standard InChI is InChI=1S/C12H14ClN3O/c1-8-9(2)16-12(11(13)15-8)14-6-5-10-4-3-7-17-10/h3-4,7H,5-6H2,1-2H3,(H,14,16). The van der Waals surface area contributed by atoms with Crippen molar-refractivity contribution in [3.8, 4) is 0 Å². The van der Waals surface area contributed by atoms with Gasteiger partial charge < -0.3 is 9.73 Å². The van der Waals surface area contributed by atoms with Gasteiger partial charge in [-0.2, -0.15) is 0 Å². The van der Waals surface area contributed by atoms with Gasteiger partial charge in [-0.15, -0.1) is 0 Å². The zero-order chi connectivity index (χ0) is 12.3. The summed E-state index contributed by atoms with van der Waals surface area (Å²) in [6, 6.07) is 3.81. The van der Waals surface area contributed by atoms with E-state index in [4.69, 9.17) is 16.0 Å². The van der Waals surface area contributed by atoms with E-state index in [1.165, 1.54) is 0 Å². The second-order valence-corrected chi connectivity index (χ2v) is 4.15. The fraction of sp³-hybridized carbons (Fsp3) is 0.333. The van der Waals surface area contributed by atoms with Crippen molar-refractivity contribution in [3.63, 3.8) is 0 Å². The SMILES string of the molecule is Cc1nc(Cl)c(NCCc2ccco2)nc1C. The normalized spacial score (nSPS) is 10.5. The molecule has 0 atom stereocenters. The highest BCUT2D eigenvalue weighted by atomic mass is 35.5. The first-order chi connectivity index (χ1) is 8.16. The Hall–Kier alpha value is -1.55. The third-order valence-corrected chi connectivity index (χ3v) is 2.77. The molecular weight excluding hydrogens is 238 g/mol. The molecule has 0 fully saturated rings. The molecule has 0 unspecified atom stereocenters. The molecule has 17 heavy (non-hydrogen) atoms. The number of hydrogen-bond donors (Lipinski definition) is 1. The first-order valence-corrected chi connectivity index (χ1v) is 5.81. The van der Waals surface area contributed by atoms with Crippen LogP contribution in [0.2, 0.25) is 5.15 Å². The van der Waals surface area contributed by atoms with Gasteiger partial charge in [0.15, 0.2) is 11.0 Å². The van der Waals surface area contributed by atoms with Crippen LogP contribution in [0.4, 0.5) is 5.82 Å². The highest BCUT2D eigenvalue weighted by Gasteiger charge is 2.06. The number of rotatable bonds is 4. The summed E-state index contributed by atoms with van der Waals surface area (Å²) >= 11 is 6.00. The van der Waals surface area contributed by atoms with E-state index in [1.54, 1.807) is 6.26 Å². The summed E-state index contributed by atoms with van der Waals surface area (Å²) in [7, 11) is 0. The Labute approximate surface area is 105 Å². The van der Waals surface area contributed by atoms with Crippen molar-refractivity contribution in [3.05, 3.63) is 40.7 Å². The second kappa shape index (κ2) is 5.19. The summed E-state index contributed by atoms with van der Waals surface area (Å²) < 4.78 is 5.24. The number of aromatic nitrogens is 2. The van der Waals surface area contributed by atoms with Crippen molar-refractivity contribution < 1.29 is 4.42 Å². The fourth-order valence-corrected chi connectivity index (χ4v) is 1.68. The highest BCUT2D eigenvalue weighted by Crippen LogP contribution is 2.18. The summed E-state index contributed by atoms with van der Waals surface area (Å²) in [6.07, 6.45) is 2.45. The van der Waals surface area contributed by atoms with Crippen LogP contribution in [0.25, 0.3) is 0 Å². The number of aryl methyl sites for hydroxylation is 2. The molecule has 4 nitrogen and oxygen atoms in total. The molecule has 90 valence electrons. The third kappa shape index (κ3) is 2.97. The maximum Gasteiger partial charge on any atom is 0.171 e. The summed E-state index contributed by atoms with van der Waals surface area (Å²) in [5, 5.41) is 3.56. The van der Waals surface area contributed by atoms with E-state index in [-0.39, 0.29) is 0 Å². The lowest BCUT2D eigenvalue weighted by Crippen LogP contribution is -2.08. The van der Waals surface area contributed by atoms with Crippen molar-refractivity contribution in [2.24, 2.45) is 0 Å². The van der Waals surface area contributed by atoms with Gasteiger partial charge in [-0.25, -0.2) is 9.97 Å². The van der Waals surface area contributed by atoms with Crippen molar-refractivity contribution >= 4 is 17.4 Å². The van der Waals surface area contributed by atoms with Crippen LogP contribution in [0.5, 0.6) is 0 Å². The van der Waals surface area contributed by atoms with E-state index in [0.717, 1.165) is 23.6 Å². The predicted molar refractivity (Wildman–Crippen MR) is 67.4 cm³/mol. The number of anilines is 1. The lowest BCUT2D eigenvalue weighted by molar-refractivity contribution is 0.513. The molecular formula is C12H14ClN3O. The van der Waals surface area contributed by atoms with Gasteiger partial charge in [0.05, 0.1) is 17.7 Å². The molecule has 2 aromatic heterocycles. The maximum absolute atomic E-state index is 6.00. The molecule has 2 heterocycles. The Bertz CT molecular complexity index is 497. The number of nitrogens with one attached hydrogen (secondary N) is 1. The minimum absolute atomic E-state index is 0.410. The summed E-state index contributed by atoms with van der Waals surface area (Å²) in [5.74, 6) is 1.56. The molecule has 0 radical (unpaired) electrons. The lowest BCUT2D eigenvalue weighted by atomic mass is 10.3. The zero-order valence-electron chi connectivity index (χ0n) is 9.83. The smallest absolute Gasteiger partial charge is 0.171 e. The molecule has 2 rings (SSSR count). The number of hydrogen-bond acceptors (Lipinski definition) is 4. The number of furan rings is 1. The Morgan fingerprint density at radius 2 is 2.06 bits per heavy atom. The van der Waals surface area contributed by atoms with E-state index >= 15 is 0 Å². The monoisotopic (exact) mass is 251 g/mol. The van der Waals surface area contributed by atoms with E-state index in [0.29, 0.717) is 17.5 Å². The van der Waals surface area contributed by atoms with Gasteiger partial charge in [0, 0.05) is 13.0 Å². The van der Waals surface area contributed by atoms with Crippen LogP contribution >= 0.6 is 11.6 Å². The van der Waals surface area contributed by atoms with E-state index in [1.807, 2.05) is 26.0 Å². The van der Waals surface area contributed by atoms with Crippen LogP contribution in [-0.4, -0.2) is 16.5 Å². The van der Waals surface area contributed by atoms with Crippen LogP contribution < -0.4 is 5.32 Å². The van der Waals surface area contributed by atoms with Crippen LogP contribution in [-0.2, 0) is 6.42 Å². The molecule has 0 aliphatic carbocycles. The molecule has 1 N–H and O–H groups in total. The molecule has 0 aromatic carbocycles. The maximum atomic E-state index is 6.00. The molecule has 0 saturated heterocycles. The van der Waals surface area contributed by atoms with Gasteiger partial charge in [-0.3, -0.25) is 0 Å². The van der Waals surface area contributed by atoms with Crippen LogP contribution in [0.3, 0.4) is 0 Å². The Kier molecular flexibility index (Phi) is 3.64. The van der Waals surface area contributed by atoms with Crippen molar-refractivity contribution in [1.82, 2.24) is 9.97 Å². The van der Waals surface area contributed by atoms with E-state index < -0.39 is 0 Å². The van der Waals surface area contributed by atoms with Gasteiger partial charge in [0.2, 0.25) is 0 Å².